The van der Waals surface area contributed by atoms with E-state index in [-0.39, 0.29) is 11.3 Å². The third-order valence-electron chi connectivity index (χ3n) is 7.31. The quantitative estimate of drug-likeness (QED) is 0.142. The fourth-order valence-corrected chi connectivity index (χ4v) is 5.17. The number of H-pyrrole nitrogens is 1. The summed E-state index contributed by atoms with van der Waals surface area (Å²) in [5.74, 6) is 0.968. The molecule has 1 aromatic heterocycles. The number of aryl methyl sites for hydroxylation is 1. The lowest BCUT2D eigenvalue weighted by Gasteiger charge is -2.26. The van der Waals surface area contributed by atoms with Gasteiger partial charge in [-0.2, -0.15) is 0 Å². The third-order valence-corrected chi connectivity index (χ3v) is 7.31. The number of carbonyl (C=O) groups is 2. The number of Topliss-reactive ketones (excluding diaryl/α,β-unsaturated/α-hetero) is 1. The predicted octanol–water partition coefficient (Wildman–Crippen LogP) is 4.41. The standard InChI is InChI=1S/C32H37N3O7/c1-4-39-26-18-22(6-8-24(26)40-15-10-21(2)3)29-28(30(36)23-7-9-25-27(19-23)42-17-16-41-25)31(37)32(38)35(29)13-5-12-34-14-11-33-20-34/h6-9,11,14,18-21,29H,4-5,10,12-13,15-17H2,1-3H3,(H,36,37)/p+1. The lowest BCUT2D eigenvalue weighted by Crippen LogP contribution is -2.36. The number of carbonyl (C=O) groups excluding carboxylic acids is 2. The van der Waals surface area contributed by atoms with Crippen molar-refractivity contribution in [2.45, 2.75) is 46.2 Å². The maximum Gasteiger partial charge on any atom is 0.295 e. The number of ketones is 1. The van der Waals surface area contributed by atoms with Crippen LogP contribution in [0.15, 0.2) is 60.7 Å². The molecule has 5 rings (SSSR count). The van der Waals surface area contributed by atoms with E-state index in [0.717, 1.165) is 6.42 Å². The molecule has 42 heavy (non-hydrogen) atoms. The van der Waals surface area contributed by atoms with Crippen molar-refractivity contribution in [3.8, 4) is 23.0 Å². The average Bonchev–Trinajstić information content (AvgIpc) is 3.59. The molecule has 222 valence electrons. The van der Waals surface area contributed by atoms with Gasteiger partial charge in [-0.25, -0.2) is 4.57 Å². The van der Waals surface area contributed by atoms with Crippen molar-refractivity contribution in [3.63, 3.8) is 0 Å². The summed E-state index contributed by atoms with van der Waals surface area (Å²) < 4.78 is 25.2. The lowest BCUT2D eigenvalue weighted by atomic mass is 9.94. The van der Waals surface area contributed by atoms with Gasteiger partial charge >= 0.3 is 0 Å². The van der Waals surface area contributed by atoms with E-state index in [1.165, 1.54) is 4.90 Å². The molecule has 2 aromatic carbocycles. The van der Waals surface area contributed by atoms with E-state index in [1.807, 2.05) is 36.3 Å². The van der Waals surface area contributed by atoms with Crippen LogP contribution in [0.3, 0.4) is 0 Å². The second-order valence-corrected chi connectivity index (χ2v) is 10.7. The molecule has 2 aliphatic heterocycles. The molecule has 2 N–H and O–H groups in total. The molecule has 3 aromatic rings. The Kier molecular flexibility index (Phi) is 9.00. The fraction of sp³-hybridized carbons (Fsp3) is 0.406. The van der Waals surface area contributed by atoms with Crippen molar-refractivity contribution in [3.05, 3.63) is 71.8 Å². The van der Waals surface area contributed by atoms with Gasteiger partial charge in [-0.15, -0.1) is 0 Å². The number of aromatic nitrogens is 2. The zero-order valence-electron chi connectivity index (χ0n) is 24.3. The number of nitrogens with zero attached hydrogens (tertiary/aromatic N) is 2. The molecule has 1 amide bonds. The Morgan fingerprint density at radius 3 is 2.64 bits per heavy atom. The van der Waals surface area contributed by atoms with Crippen LogP contribution in [-0.2, 0) is 16.1 Å². The van der Waals surface area contributed by atoms with Crippen molar-refractivity contribution in [2.24, 2.45) is 5.92 Å². The number of hydrogen-bond donors (Lipinski definition) is 2. The Hall–Kier alpha value is -4.47. The fourth-order valence-electron chi connectivity index (χ4n) is 5.17. The number of rotatable bonds is 12. The van der Waals surface area contributed by atoms with E-state index in [9.17, 15) is 14.7 Å². The minimum Gasteiger partial charge on any atom is -0.507 e. The minimum absolute atomic E-state index is 0.0156. The van der Waals surface area contributed by atoms with Crippen LogP contribution in [0.5, 0.6) is 23.0 Å². The second kappa shape index (κ2) is 13.0. The van der Waals surface area contributed by atoms with Gasteiger partial charge in [0.1, 0.15) is 31.4 Å². The van der Waals surface area contributed by atoms with Crippen LogP contribution < -0.4 is 23.5 Å². The van der Waals surface area contributed by atoms with Crippen LogP contribution >= 0.6 is 0 Å². The minimum atomic E-state index is -0.821. The average molecular weight is 577 g/mol. The van der Waals surface area contributed by atoms with Gasteiger partial charge in [-0.05, 0) is 55.2 Å². The van der Waals surface area contributed by atoms with Gasteiger partial charge in [0.25, 0.3) is 11.7 Å². The number of likely N-dealkylation sites (tertiary alicyclic amines) is 1. The largest absolute Gasteiger partial charge is 0.507 e. The number of ether oxygens (including phenoxy) is 4. The molecule has 2 aliphatic rings. The zero-order chi connectivity index (χ0) is 29.6. The van der Waals surface area contributed by atoms with Gasteiger partial charge in [0.2, 0.25) is 6.33 Å². The summed E-state index contributed by atoms with van der Waals surface area (Å²) in [6.45, 7) is 8.87. The van der Waals surface area contributed by atoms with Crippen LogP contribution in [0.2, 0.25) is 0 Å². The number of fused-ring (bicyclic) bond motifs is 1. The summed E-state index contributed by atoms with van der Waals surface area (Å²) in [5.41, 5.74) is 1.02. The number of aliphatic hydroxyl groups excluding tert-OH is 1. The first-order valence-electron chi connectivity index (χ1n) is 14.5. The molecule has 0 aliphatic carbocycles. The van der Waals surface area contributed by atoms with E-state index >= 15 is 0 Å². The van der Waals surface area contributed by atoms with Gasteiger partial charge < -0.3 is 29.0 Å². The van der Waals surface area contributed by atoms with E-state index in [4.69, 9.17) is 18.9 Å². The van der Waals surface area contributed by atoms with Crippen LogP contribution in [-0.4, -0.2) is 59.7 Å². The molecular weight excluding hydrogens is 538 g/mol. The molecular formula is C32H38N3O7+. The molecule has 1 saturated heterocycles. The molecule has 3 heterocycles. The maximum atomic E-state index is 13.5. The normalized spacial score (nSPS) is 17.6. The number of aliphatic hydroxyl groups is 1. The van der Waals surface area contributed by atoms with E-state index in [1.54, 1.807) is 30.3 Å². The van der Waals surface area contributed by atoms with Gasteiger partial charge in [0.15, 0.2) is 23.0 Å². The van der Waals surface area contributed by atoms with Crippen molar-refractivity contribution >= 4 is 17.4 Å². The van der Waals surface area contributed by atoms with Crippen molar-refractivity contribution < 1.29 is 38.2 Å². The summed E-state index contributed by atoms with van der Waals surface area (Å²) >= 11 is 0. The van der Waals surface area contributed by atoms with Crippen LogP contribution in [0.4, 0.5) is 0 Å². The Bertz CT molecular complexity index is 1450. The van der Waals surface area contributed by atoms with Gasteiger partial charge in [-0.3, -0.25) is 14.6 Å². The SMILES string of the molecule is CCOc1cc(C2/C(=C(\O)c3ccc4c(c3)OCCO4)C(=O)C(=O)N2CCC[n+]2cc[nH]c2)ccc1OCCC(C)C. The summed E-state index contributed by atoms with van der Waals surface area (Å²) in [6.07, 6.45) is 7.05. The highest BCUT2D eigenvalue weighted by atomic mass is 16.6. The van der Waals surface area contributed by atoms with Gasteiger partial charge in [0.05, 0.1) is 31.4 Å². The highest BCUT2D eigenvalue weighted by molar-refractivity contribution is 6.46. The van der Waals surface area contributed by atoms with E-state index in [2.05, 4.69) is 18.8 Å². The molecule has 0 spiro atoms. The molecule has 0 bridgehead atoms. The number of nitrogens with one attached hydrogen (secondary N) is 1. The van der Waals surface area contributed by atoms with Crippen LogP contribution in [0.1, 0.15) is 50.8 Å². The van der Waals surface area contributed by atoms with Crippen molar-refractivity contribution in [1.82, 2.24) is 9.88 Å². The van der Waals surface area contributed by atoms with Crippen molar-refractivity contribution in [1.29, 1.82) is 0 Å². The van der Waals surface area contributed by atoms with E-state index in [0.29, 0.717) is 86.0 Å². The Balaban J connectivity index is 1.53. The Labute approximate surface area is 245 Å². The number of hydrogen-bond acceptors (Lipinski definition) is 7. The lowest BCUT2D eigenvalue weighted by molar-refractivity contribution is -0.695. The molecule has 10 heteroatoms. The molecule has 10 nitrogen and oxygen atoms in total. The number of amides is 1. The first-order valence-corrected chi connectivity index (χ1v) is 14.5. The third kappa shape index (κ3) is 6.22. The summed E-state index contributed by atoms with van der Waals surface area (Å²) in [5, 5.41) is 11.5. The topological polar surface area (TPSA) is 114 Å². The smallest absolute Gasteiger partial charge is 0.295 e. The highest BCUT2D eigenvalue weighted by Gasteiger charge is 2.46. The number of aromatic amines is 1. The molecule has 1 unspecified atom stereocenters. The molecule has 0 radical (unpaired) electrons. The predicted molar refractivity (Wildman–Crippen MR) is 155 cm³/mol. The molecule has 1 atom stereocenters. The van der Waals surface area contributed by atoms with Crippen LogP contribution in [0.25, 0.3) is 5.76 Å². The monoisotopic (exact) mass is 576 g/mol. The first-order chi connectivity index (χ1) is 20.4. The summed E-state index contributed by atoms with van der Waals surface area (Å²) in [4.78, 5) is 31.5. The molecule has 1 fully saturated rings. The second-order valence-electron chi connectivity index (χ2n) is 10.7. The Morgan fingerprint density at radius 1 is 1.10 bits per heavy atom. The van der Waals surface area contributed by atoms with Gasteiger partial charge in [-0.1, -0.05) is 19.9 Å². The summed E-state index contributed by atoms with van der Waals surface area (Å²) in [6, 6.07) is 9.60. The zero-order valence-corrected chi connectivity index (χ0v) is 24.3. The molecule has 0 saturated carbocycles. The van der Waals surface area contributed by atoms with E-state index < -0.39 is 17.7 Å². The number of benzene rings is 2. The van der Waals surface area contributed by atoms with Crippen LogP contribution in [0, 0.1) is 5.92 Å². The van der Waals surface area contributed by atoms with Gasteiger partial charge in [0, 0.05) is 18.5 Å². The van der Waals surface area contributed by atoms with Crippen molar-refractivity contribution in [2.75, 3.05) is 33.0 Å². The summed E-state index contributed by atoms with van der Waals surface area (Å²) in [7, 11) is 0. The maximum absolute atomic E-state index is 13.5. The Morgan fingerprint density at radius 2 is 1.90 bits per heavy atom. The highest BCUT2D eigenvalue weighted by Crippen LogP contribution is 2.43. The number of imidazole rings is 1. The first kappa shape index (κ1) is 29.0.